The molecule has 2 heterocycles. The van der Waals surface area contributed by atoms with Crippen molar-refractivity contribution in [1.82, 2.24) is 0 Å². The summed E-state index contributed by atoms with van der Waals surface area (Å²) in [5.74, 6) is -0.802. The number of carbonyl (C=O) groups excluding carboxylic acids is 3. The van der Waals surface area contributed by atoms with Crippen LogP contribution >= 0.6 is 0 Å². The van der Waals surface area contributed by atoms with Gasteiger partial charge >= 0.3 is 17.9 Å². The number of carboxylic acid groups (broad SMARTS) is 1. The average Bonchev–Trinajstić information content (AvgIpc) is 3.09. The molecule has 0 fully saturated rings. The Morgan fingerprint density at radius 3 is 1.70 bits per heavy atom. The van der Waals surface area contributed by atoms with Gasteiger partial charge in [0.15, 0.2) is 5.60 Å². The minimum atomic E-state index is -1.27. The van der Waals surface area contributed by atoms with Crippen molar-refractivity contribution in [1.29, 1.82) is 0 Å². The molecule has 0 aromatic heterocycles. The van der Waals surface area contributed by atoms with Crippen molar-refractivity contribution in [3.05, 3.63) is 81.9 Å². The van der Waals surface area contributed by atoms with Crippen molar-refractivity contribution < 1.29 is 43.2 Å². The first-order valence-electron chi connectivity index (χ1n) is 11.3. The number of hydrogen-bond acceptors (Lipinski definition) is 8. The van der Waals surface area contributed by atoms with Crippen LogP contribution in [0.25, 0.3) is 0 Å². The van der Waals surface area contributed by atoms with Crippen molar-refractivity contribution in [2.75, 3.05) is 0 Å². The second-order valence-electron chi connectivity index (χ2n) is 8.65. The van der Waals surface area contributed by atoms with Gasteiger partial charge in [-0.1, -0.05) is 18.2 Å². The zero-order chi connectivity index (χ0) is 27.1. The molecule has 0 bridgehead atoms. The summed E-state index contributed by atoms with van der Waals surface area (Å²) in [6.07, 6.45) is 0. The first-order chi connectivity index (χ1) is 17.4. The number of aryl methyl sites for hydroxylation is 2. The van der Waals surface area contributed by atoms with Gasteiger partial charge in [0.1, 0.15) is 23.0 Å². The molecule has 1 N–H and O–H groups in total. The van der Waals surface area contributed by atoms with Gasteiger partial charge in [0.25, 0.3) is 5.97 Å². The van der Waals surface area contributed by atoms with Crippen LogP contribution in [0.1, 0.15) is 58.9 Å². The number of carboxylic acids is 1. The van der Waals surface area contributed by atoms with Crippen molar-refractivity contribution in [2.24, 2.45) is 0 Å². The fourth-order valence-electron chi connectivity index (χ4n) is 4.47. The van der Waals surface area contributed by atoms with Gasteiger partial charge in [0.05, 0.1) is 5.56 Å². The molecule has 9 nitrogen and oxygen atoms in total. The molecule has 0 radical (unpaired) electrons. The van der Waals surface area contributed by atoms with Gasteiger partial charge in [-0.05, 0) is 43.2 Å². The highest BCUT2D eigenvalue weighted by atomic mass is 16.6. The summed E-state index contributed by atoms with van der Waals surface area (Å²) in [4.78, 5) is 45.1. The van der Waals surface area contributed by atoms with Crippen molar-refractivity contribution in [3.8, 4) is 23.0 Å². The van der Waals surface area contributed by atoms with E-state index in [0.29, 0.717) is 56.4 Å². The number of fused-ring (bicyclic) bond motifs is 6. The van der Waals surface area contributed by atoms with Crippen LogP contribution in [-0.2, 0) is 24.7 Å². The number of aliphatic carboxylic acids is 1. The number of esters is 3. The van der Waals surface area contributed by atoms with Crippen molar-refractivity contribution >= 4 is 23.9 Å². The van der Waals surface area contributed by atoms with Gasteiger partial charge < -0.3 is 24.1 Å². The molecule has 3 aromatic carbocycles. The van der Waals surface area contributed by atoms with Crippen molar-refractivity contribution in [3.63, 3.8) is 0 Å². The molecule has 0 saturated heterocycles. The Labute approximate surface area is 212 Å². The third-order valence-corrected chi connectivity index (χ3v) is 5.81. The van der Waals surface area contributed by atoms with Crippen LogP contribution < -0.4 is 14.2 Å². The zero-order valence-corrected chi connectivity index (χ0v) is 20.8. The summed E-state index contributed by atoms with van der Waals surface area (Å²) in [7, 11) is 0. The summed E-state index contributed by atoms with van der Waals surface area (Å²) in [5, 5.41) is 7.42. The van der Waals surface area contributed by atoms with Crippen LogP contribution in [0.2, 0.25) is 0 Å². The van der Waals surface area contributed by atoms with Gasteiger partial charge in [-0.3, -0.25) is 14.4 Å². The minimum absolute atomic E-state index is 0.338. The van der Waals surface area contributed by atoms with E-state index in [1.165, 1.54) is 13.8 Å². The van der Waals surface area contributed by atoms with Crippen LogP contribution in [0.5, 0.6) is 23.0 Å². The molecule has 5 rings (SSSR count). The summed E-state index contributed by atoms with van der Waals surface area (Å²) in [6.45, 7) is 7.33. The van der Waals surface area contributed by atoms with E-state index in [1.54, 1.807) is 50.2 Å². The Morgan fingerprint density at radius 2 is 1.24 bits per heavy atom. The predicted molar refractivity (Wildman–Crippen MR) is 130 cm³/mol. The molecule has 0 amide bonds. The Hall–Kier alpha value is -4.66. The lowest BCUT2D eigenvalue weighted by Crippen LogP contribution is -2.33. The molecule has 0 atom stereocenters. The molecule has 3 aromatic rings. The fourth-order valence-corrected chi connectivity index (χ4v) is 4.47. The monoisotopic (exact) mass is 504 g/mol. The number of ether oxygens (including phenoxy) is 4. The average molecular weight is 504 g/mol. The molecule has 2 aliphatic rings. The molecule has 9 heteroatoms. The maximum atomic E-state index is 13.0. The predicted octanol–water partition coefficient (Wildman–Crippen LogP) is 4.81. The summed E-state index contributed by atoms with van der Waals surface area (Å²) < 4.78 is 23.0. The smallest absolute Gasteiger partial charge is 0.340 e. The number of carbonyl (C=O) groups is 4. The van der Waals surface area contributed by atoms with E-state index < -0.39 is 29.5 Å². The highest BCUT2D eigenvalue weighted by Crippen LogP contribution is 2.57. The number of rotatable bonds is 2. The van der Waals surface area contributed by atoms with E-state index in [2.05, 4.69) is 0 Å². The van der Waals surface area contributed by atoms with E-state index >= 15 is 0 Å². The van der Waals surface area contributed by atoms with Gasteiger partial charge in [-0.15, -0.1) is 0 Å². The van der Waals surface area contributed by atoms with Gasteiger partial charge in [-0.2, -0.15) is 0 Å². The van der Waals surface area contributed by atoms with Crippen LogP contribution in [0, 0.1) is 13.8 Å². The minimum Gasteiger partial charge on any atom is -0.481 e. The van der Waals surface area contributed by atoms with E-state index in [0.717, 1.165) is 6.92 Å². The second kappa shape index (κ2) is 9.42. The van der Waals surface area contributed by atoms with Crippen LogP contribution in [0.3, 0.4) is 0 Å². The van der Waals surface area contributed by atoms with Crippen LogP contribution in [0.15, 0.2) is 48.5 Å². The van der Waals surface area contributed by atoms with Gasteiger partial charge in [0, 0.05) is 49.6 Å². The number of hydrogen-bond donors (Lipinski definition) is 1. The molecular formula is C28H24O9. The third-order valence-electron chi connectivity index (χ3n) is 5.81. The van der Waals surface area contributed by atoms with Crippen molar-refractivity contribution in [2.45, 2.75) is 40.2 Å². The molecule has 37 heavy (non-hydrogen) atoms. The highest BCUT2D eigenvalue weighted by molar-refractivity contribution is 5.97. The van der Waals surface area contributed by atoms with E-state index in [4.69, 9.17) is 28.8 Å². The Balaban J connectivity index is 0.000000747. The second-order valence-corrected chi connectivity index (χ2v) is 8.65. The van der Waals surface area contributed by atoms with E-state index in [9.17, 15) is 14.4 Å². The summed E-state index contributed by atoms with van der Waals surface area (Å²) in [6, 6.07) is 14.0. The fraction of sp³-hybridized carbons (Fsp3) is 0.214. The lowest BCUT2D eigenvalue weighted by Gasteiger charge is -2.37. The Kier molecular flexibility index (Phi) is 6.48. The van der Waals surface area contributed by atoms with Crippen LogP contribution in [-0.4, -0.2) is 29.0 Å². The van der Waals surface area contributed by atoms with Gasteiger partial charge in [0.2, 0.25) is 0 Å². The topological polar surface area (TPSA) is 125 Å². The molecule has 1 spiro atoms. The maximum Gasteiger partial charge on any atom is 0.340 e. The third kappa shape index (κ3) is 4.51. The quantitative estimate of drug-likeness (QED) is 0.386. The molecule has 2 aliphatic heterocycles. The lowest BCUT2D eigenvalue weighted by molar-refractivity contribution is -0.134. The number of benzene rings is 3. The normalized spacial score (nSPS) is 13.6. The molecule has 0 aliphatic carbocycles. The molecule has 0 unspecified atom stereocenters. The van der Waals surface area contributed by atoms with E-state index in [1.807, 2.05) is 12.1 Å². The first-order valence-corrected chi connectivity index (χ1v) is 11.3. The van der Waals surface area contributed by atoms with E-state index in [-0.39, 0.29) is 0 Å². The molecule has 0 saturated carbocycles. The Morgan fingerprint density at radius 1 is 0.784 bits per heavy atom. The lowest BCUT2D eigenvalue weighted by atomic mass is 9.76. The zero-order valence-electron chi connectivity index (χ0n) is 20.8. The molecular weight excluding hydrogens is 480 g/mol. The Bertz CT molecular complexity index is 1390. The summed E-state index contributed by atoms with van der Waals surface area (Å²) in [5.41, 5.74) is 2.46. The SMILES string of the molecule is CC(=O)O.CC(=O)Oc1cc2c(cc1C)C1(OC(=O)c3ccccc31)c1cc(C)c(OC(C)=O)cc1O2. The summed E-state index contributed by atoms with van der Waals surface area (Å²) >= 11 is 0. The molecule has 190 valence electrons. The highest BCUT2D eigenvalue weighted by Gasteiger charge is 2.54. The largest absolute Gasteiger partial charge is 0.481 e. The maximum absolute atomic E-state index is 13.0. The standard InChI is InChI=1S/C26H20O7.C2H4O2/c1-13-9-19-23(11-21(13)30-15(3)27)32-24-12-22(31-16(4)28)14(2)10-20(24)26(19)18-8-6-5-7-17(18)25(29)33-26;1-2(3)4/h5-12H,1-4H3;1H3,(H,3,4). The first kappa shape index (κ1) is 25.4. The van der Waals surface area contributed by atoms with Gasteiger partial charge in [-0.25, -0.2) is 4.79 Å². The van der Waals surface area contributed by atoms with Crippen LogP contribution in [0.4, 0.5) is 0 Å².